The second-order valence-corrected chi connectivity index (χ2v) is 8.64. The molecule has 2 heterocycles. The van der Waals surface area contributed by atoms with E-state index in [1.807, 2.05) is 18.7 Å². The second-order valence-electron chi connectivity index (χ2n) is 6.03. The van der Waals surface area contributed by atoms with Crippen molar-refractivity contribution in [1.29, 1.82) is 0 Å². The van der Waals surface area contributed by atoms with Crippen LogP contribution < -0.4 is 4.90 Å². The fourth-order valence-corrected chi connectivity index (χ4v) is 4.96. The van der Waals surface area contributed by atoms with E-state index in [0.29, 0.717) is 13.1 Å². The van der Waals surface area contributed by atoms with Crippen molar-refractivity contribution in [2.24, 2.45) is 0 Å². The van der Waals surface area contributed by atoms with Crippen molar-refractivity contribution in [2.75, 3.05) is 31.1 Å². The minimum absolute atomic E-state index is 0.132. The maximum atomic E-state index is 13.8. The van der Waals surface area contributed by atoms with E-state index in [9.17, 15) is 17.2 Å². The zero-order valence-corrected chi connectivity index (χ0v) is 15.4. The van der Waals surface area contributed by atoms with Gasteiger partial charge < -0.3 is 4.90 Å². The number of hydrogen-bond donors (Lipinski definition) is 0. The Morgan fingerprint density at radius 1 is 1.12 bits per heavy atom. The van der Waals surface area contributed by atoms with Gasteiger partial charge in [0, 0.05) is 43.6 Å². The molecule has 0 unspecified atom stereocenters. The second kappa shape index (κ2) is 6.93. The Labute approximate surface area is 149 Å². The number of anilines is 1. The van der Waals surface area contributed by atoms with Crippen LogP contribution >= 0.6 is 11.5 Å². The number of nitrogens with zero attached hydrogens (tertiary/aromatic N) is 4. The van der Waals surface area contributed by atoms with Gasteiger partial charge in [-0.15, -0.1) is 0 Å². The molecule has 0 spiro atoms. The molecule has 3 rings (SSSR count). The lowest BCUT2D eigenvalue weighted by Crippen LogP contribution is -2.49. The lowest BCUT2D eigenvalue weighted by atomic mass is 10.2. The lowest BCUT2D eigenvalue weighted by molar-refractivity contribution is 0.378. The molecule has 0 aliphatic carbocycles. The number of sulfonamides is 1. The van der Waals surface area contributed by atoms with Gasteiger partial charge in [-0.25, -0.2) is 22.2 Å². The smallest absolute Gasteiger partial charge is 0.249 e. The number of halogens is 2. The van der Waals surface area contributed by atoms with Crippen molar-refractivity contribution in [3.05, 3.63) is 35.7 Å². The van der Waals surface area contributed by atoms with Crippen LogP contribution in [-0.4, -0.2) is 48.3 Å². The number of rotatable bonds is 4. The molecular formula is C15H18F2N4O2S2. The summed E-state index contributed by atoms with van der Waals surface area (Å²) in [6.07, 6.45) is 0. The Morgan fingerprint density at radius 3 is 2.24 bits per heavy atom. The summed E-state index contributed by atoms with van der Waals surface area (Å²) in [7, 11) is -4.21. The molecule has 1 aromatic carbocycles. The number of piperazine rings is 1. The molecule has 0 radical (unpaired) electrons. The van der Waals surface area contributed by atoms with Gasteiger partial charge in [-0.05, 0) is 12.1 Å². The van der Waals surface area contributed by atoms with E-state index in [1.165, 1.54) is 11.5 Å². The third kappa shape index (κ3) is 3.51. The summed E-state index contributed by atoms with van der Waals surface area (Å²) >= 11 is 1.27. The molecule has 1 saturated heterocycles. The monoisotopic (exact) mass is 388 g/mol. The van der Waals surface area contributed by atoms with Crippen LogP contribution in [0.4, 0.5) is 13.9 Å². The molecule has 0 saturated carbocycles. The van der Waals surface area contributed by atoms with Gasteiger partial charge in [0.25, 0.3) is 0 Å². The zero-order chi connectivity index (χ0) is 18.2. The normalized spacial score (nSPS) is 16.6. The fourth-order valence-electron chi connectivity index (χ4n) is 2.57. The van der Waals surface area contributed by atoms with Gasteiger partial charge in [0.2, 0.25) is 15.2 Å². The average Bonchev–Trinajstić information content (AvgIpc) is 3.05. The van der Waals surface area contributed by atoms with E-state index in [2.05, 4.69) is 9.36 Å². The maximum Gasteiger partial charge on any atom is 0.249 e. The summed E-state index contributed by atoms with van der Waals surface area (Å²) in [5.41, 5.74) is 0. The topological polar surface area (TPSA) is 66.4 Å². The van der Waals surface area contributed by atoms with Crippen molar-refractivity contribution < 1.29 is 17.2 Å². The Morgan fingerprint density at radius 2 is 1.72 bits per heavy atom. The summed E-state index contributed by atoms with van der Waals surface area (Å²) < 4.78 is 58.2. The van der Waals surface area contributed by atoms with Crippen LogP contribution in [-0.2, 0) is 10.0 Å². The van der Waals surface area contributed by atoms with Gasteiger partial charge in [-0.1, -0.05) is 19.9 Å². The summed E-state index contributed by atoms with van der Waals surface area (Å²) in [5, 5.41) is 0.734. The van der Waals surface area contributed by atoms with E-state index < -0.39 is 26.6 Å². The van der Waals surface area contributed by atoms with Crippen LogP contribution in [0.15, 0.2) is 23.1 Å². The lowest BCUT2D eigenvalue weighted by Gasteiger charge is -2.33. The summed E-state index contributed by atoms with van der Waals surface area (Å²) in [6, 6.07) is 3.03. The largest absolute Gasteiger partial charge is 0.344 e. The van der Waals surface area contributed by atoms with E-state index in [1.54, 1.807) is 0 Å². The first-order valence-electron chi connectivity index (χ1n) is 7.83. The minimum atomic E-state index is -4.21. The molecule has 1 fully saturated rings. The van der Waals surface area contributed by atoms with Gasteiger partial charge >= 0.3 is 0 Å². The van der Waals surface area contributed by atoms with E-state index in [0.717, 1.165) is 33.5 Å². The molecule has 10 heteroatoms. The predicted molar refractivity (Wildman–Crippen MR) is 91.3 cm³/mol. The molecule has 2 aromatic rings. The Hall–Kier alpha value is -1.65. The van der Waals surface area contributed by atoms with Crippen molar-refractivity contribution in [1.82, 2.24) is 13.7 Å². The third-order valence-corrected chi connectivity index (χ3v) is 6.72. The molecule has 136 valence electrons. The molecular weight excluding hydrogens is 370 g/mol. The summed E-state index contributed by atoms with van der Waals surface area (Å²) in [4.78, 5) is 5.50. The number of benzene rings is 1. The van der Waals surface area contributed by atoms with Gasteiger partial charge in [0.15, 0.2) is 4.90 Å². The van der Waals surface area contributed by atoms with Crippen LogP contribution in [0.5, 0.6) is 0 Å². The maximum absolute atomic E-state index is 13.8. The van der Waals surface area contributed by atoms with Crippen LogP contribution in [0.25, 0.3) is 0 Å². The molecule has 0 amide bonds. The number of hydrogen-bond acceptors (Lipinski definition) is 6. The first kappa shape index (κ1) is 18.2. The van der Waals surface area contributed by atoms with Crippen LogP contribution in [0.1, 0.15) is 25.6 Å². The van der Waals surface area contributed by atoms with Crippen LogP contribution in [0.2, 0.25) is 0 Å². The Balaban J connectivity index is 1.75. The van der Waals surface area contributed by atoms with E-state index in [4.69, 9.17) is 0 Å². The molecule has 1 aromatic heterocycles. The summed E-state index contributed by atoms with van der Waals surface area (Å²) in [6.45, 7) is 5.04. The first-order chi connectivity index (χ1) is 11.8. The molecule has 0 atom stereocenters. The Kier molecular flexibility index (Phi) is 5.03. The summed E-state index contributed by atoms with van der Waals surface area (Å²) in [5.74, 6) is -1.18. The number of aromatic nitrogens is 2. The highest BCUT2D eigenvalue weighted by molar-refractivity contribution is 7.89. The third-order valence-electron chi connectivity index (χ3n) is 3.97. The fraction of sp³-hybridized carbons (Fsp3) is 0.467. The quantitative estimate of drug-likeness (QED) is 0.805. The standard InChI is InChI=1S/C15H18F2N4O2S2/c1-10(2)14-18-15(24-19-14)20-6-8-21(9-7-20)25(22,23)13-11(16)4-3-5-12(13)17/h3-5,10H,6-9H2,1-2H3. The zero-order valence-electron chi connectivity index (χ0n) is 13.8. The van der Waals surface area contributed by atoms with Crippen LogP contribution in [0, 0.1) is 11.6 Å². The molecule has 1 aliphatic rings. The van der Waals surface area contributed by atoms with Gasteiger partial charge in [-0.3, -0.25) is 0 Å². The van der Waals surface area contributed by atoms with Gasteiger partial charge in [-0.2, -0.15) is 8.68 Å². The first-order valence-corrected chi connectivity index (χ1v) is 10.0. The van der Waals surface area contributed by atoms with Crippen LogP contribution in [0.3, 0.4) is 0 Å². The highest BCUT2D eigenvalue weighted by atomic mass is 32.2. The molecule has 0 bridgehead atoms. The van der Waals surface area contributed by atoms with E-state index >= 15 is 0 Å². The highest BCUT2D eigenvalue weighted by Gasteiger charge is 2.33. The van der Waals surface area contributed by atoms with Gasteiger partial charge in [0.05, 0.1) is 0 Å². The predicted octanol–water partition coefficient (Wildman–Crippen LogP) is 2.45. The molecule has 6 nitrogen and oxygen atoms in total. The van der Waals surface area contributed by atoms with Crippen molar-refractivity contribution in [3.8, 4) is 0 Å². The van der Waals surface area contributed by atoms with E-state index in [-0.39, 0.29) is 19.0 Å². The average molecular weight is 388 g/mol. The molecule has 0 N–H and O–H groups in total. The Bertz CT molecular complexity index is 842. The van der Waals surface area contributed by atoms with Crippen molar-refractivity contribution in [2.45, 2.75) is 24.7 Å². The van der Waals surface area contributed by atoms with Gasteiger partial charge in [0.1, 0.15) is 17.5 Å². The highest BCUT2D eigenvalue weighted by Crippen LogP contribution is 2.26. The minimum Gasteiger partial charge on any atom is -0.344 e. The molecule has 25 heavy (non-hydrogen) atoms. The molecule has 1 aliphatic heterocycles. The van der Waals surface area contributed by atoms with Crippen molar-refractivity contribution >= 4 is 26.7 Å². The SMILES string of the molecule is CC(C)c1nsc(N2CCN(S(=O)(=O)c3c(F)cccc3F)CC2)n1. The van der Waals surface area contributed by atoms with Crippen molar-refractivity contribution in [3.63, 3.8) is 0 Å².